The molecule has 0 saturated carbocycles. The highest BCUT2D eigenvalue weighted by molar-refractivity contribution is 6.03. The molecule has 23 heavy (non-hydrogen) atoms. The molecule has 0 aromatic carbocycles. The minimum Gasteiger partial charge on any atom is -0.295 e. The largest absolute Gasteiger partial charge is 0.417 e. The van der Waals surface area contributed by atoms with E-state index in [1.54, 1.807) is 6.92 Å². The van der Waals surface area contributed by atoms with Crippen molar-refractivity contribution in [3.05, 3.63) is 35.3 Å². The van der Waals surface area contributed by atoms with E-state index in [1.165, 1.54) is 6.07 Å². The summed E-state index contributed by atoms with van der Waals surface area (Å²) in [4.78, 5) is 16.5. The summed E-state index contributed by atoms with van der Waals surface area (Å²) in [5, 5.41) is 14.9. The molecule has 3 heterocycles. The zero-order valence-electron chi connectivity index (χ0n) is 11.7. The van der Waals surface area contributed by atoms with Gasteiger partial charge in [-0.2, -0.15) is 18.4 Å². The zero-order chi connectivity index (χ0) is 16.6. The second-order valence-electron chi connectivity index (χ2n) is 4.59. The number of H-pyrrole nitrogens is 1. The van der Waals surface area contributed by atoms with Gasteiger partial charge in [0.2, 0.25) is 0 Å². The molecule has 0 bridgehead atoms. The van der Waals surface area contributed by atoms with E-state index in [1.807, 2.05) is 0 Å². The molecular weight excluding hydrogens is 315 g/mol. The molecule has 0 aliphatic heterocycles. The number of aryl methyl sites for hydroxylation is 1. The lowest BCUT2D eigenvalue weighted by Crippen LogP contribution is -2.18. The van der Waals surface area contributed by atoms with Crippen LogP contribution in [0.25, 0.3) is 5.65 Å². The first-order chi connectivity index (χ1) is 10.9. The molecule has 0 fully saturated rings. The molecule has 0 aliphatic rings. The summed E-state index contributed by atoms with van der Waals surface area (Å²) < 4.78 is 39.7. The number of aromatic amines is 1. The number of hydrogen-bond donors (Lipinski definition) is 2. The third-order valence-electron chi connectivity index (χ3n) is 3.14. The number of tetrazole rings is 1. The van der Waals surface area contributed by atoms with Gasteiger partial charge in [-0.05, 0) is 23.8 Å². The minimum atomic E-state index is -4.52. The lowest BCUT2D eigenvalue weighted by Gasteiger charge is -2.08. The lowest BCUT2D eigenvalue weighted by molar-refractivity contribution is -0.137. The highest BCUT2D eigenvalue weighted by atomic mass is 19.4. The van der Waals surface area contributed by atoms with E-state index in [-0.39, 0.29) is 17.3 Å². The zero-order valence-corrected chi connectivity index (χ0v) is 11.7. The van der Waals surface area contributed by atoms with Crippen LogP contribution in [0.15, 0.2) is 18.3 Å². The van der Waals surface area contributed by atoms with Crippen molar-refractivity contribution in [2.45, 2.75) is 19.5 Å². The van der Waals surface area contributed by atoms with Gasteiger partial charge < -0.3 is 0 Å². The number of carbonyl (C=O) groups is 1. The van der Waals surface area contributed by atoms with Crippen molar-refractivity contribution in [3.63, 3.8) is 0 Å². The lowest BCUT2D eigenvalue weighted by atomic mass is 10.2. The molecule has 0 saturated heterocycles. The number of carbonyl (C=O) groups excluding carboxylic acids is 1. The van der Waals surface area contributed by atoms with Gasteiger partial charge in [0.25, 0.3) is 11.9 Å². The predicted molar refractivity (Wildman–Crippen MR) is 71.7 cm³/mol. The number of aromatic nitrogens is 6. The van der Waals surface area contributed by atoms with Crippen molar-refractivity contribution in [3.8, 4) is 0 Å². The Morgan fingerprint density at radius 3 is 2.78 bits per heavy atom. The third-order valence-corrected chi connectivity index (χ3v) is 3.14. The third kappa shape index (κ3) is 2.72. The standard InChI is InChI=1S/C12H10F3N7O/c1-2-7-9(10(23)17-11-18-20-21-19-11)22-5-6(12(13,14)15)3-4-8(22)16-7/h3-5H,2H2,1H3,(H2,17,18,19,20,21,23). The van der Waals surface area contributed by atoms with E-state index >= 15 is 0 Å². The number of hydrogen-bond acceptors (Lipinski definition) is 5. The topological polar surface area (TPSA) is 101 Å². The second kappa shape index (κ2) is 5.34. The molecule has 3 rings (SSSR count). The maximum Gasteiger partial charge on any atom is 0.417 e. The number of pyridine rings is 1. The minimum absolute atomic E-state index is 0.00148. The number of nitrogens with one attached hydrogen (secondary N) is 2. The fourth-order valence-corrected chi connectivity index (χ4v) is 2.12. The number of halogens is 3. The van der Waals surface area contributed by atoms with Gasteiger partial charge >= 0.3 is 6.18 Å². The molecule has 0 aliphatic carbocycles. The van der Waals surface area contributed by atoms with Crippen LogP contribution < -0.4 is 5.32 Å². The Balaban J connectivity index is 2.11. The summed E-state index contributed by atoms with van der Waals surface area (Å²) in [5.41, 5.74) is -0.268. The predicted octanol–water partition coefficient (Wildman–Crippen LogP) is 1.68. The van der Waals surface area contributed by atoms with Gasteiger partial charge in [-0.25, -0.2) is 4.98 Å². The Bertz CT molecular complexity index is 854. The molecule has 0 radical (unpaired) electrons. The van der Waals surface area contributed by atoms with Gasteiger partial charge in [-0.15, -0.1) is 5.10 Å². The molecule has 8 nitrogen and oxygen atoms in total. The van der Waals surface area contributed by atoms with Gasteiger partial charge in [0.15, 0.2) is 0 Å². The summed E-state index contributed by atoms with van der Waals surface area (Å²) in [5.74, 6) is -0.756. The Morgan fingerprint density at radius 1 is 1.39 bits per heavy atom. The van der Waals surface area contributed by atoms with Crippen molar-refractivity contribution in [2.24, 2.45) is 0 Å². The highest BCUT2D eigenvalue weighted by Crippen LogP contribution is 2.30. The van der Waals surface area contributed by atoms with Crippen molar-refractivity contribution in [1.82, 2.24) is 30.0 Å². The number of anilines is 1. The highest BCUT2D eigenvalue weighted by Gasteiger charge is 2.32. The van der Waals surface area contributed by atoms with Crippen LogP contribution in [0.5, 0.6) is 0 Å². The Kier molecular flexibility index (Phi) is 3.47. The van der Waals surface area contributed by atoms with Gasteiger partial charge in [-0.1, -0.05) is 12.0 Å². The van der Waals surface area contributed by atoms with Crippen LogP contribution >= 0.6 is 0 Å². The van der Waals surface area contributed by atoms with Crippen LogP contribution in [-0.2, 0) is 12.6 Å². The monoisotopic (exact) mass is 325 g/mol. The van der Waals surface area contributed by atoms with Gasteiger partial charge in [0.05, 0.1) is 11.3 Å². The number of rotatable bonds is 3. The van der Waals surface area contributed by atoms with E-state index in [2.05, 4.69) is 30.9 Å². The van der Waals surface area contributed by atoms with Crippen LogP contribution in [0.3, 0.4) is 0 Å². The molecule has 3 aromatic heterocycles. The number of amides is 1. The van der Waals surface area contributed by atoms with E-state index in [0.29, 0.717) is 12.1 Å². The van der Waals surface area contributed by atoms with Crippen molar-refractivity contribution < 1.29 is 18.0 Å². The van der Waals surface area contributed by atoms with Gasteiger partial charge in [0, 0.05) is 6.20 Å². The van der Waals surface area contributed by atoms with E-state index in [4.69, 9.17) is 0 Å². The van der Waals surface area contributed by atoms with E-state index in [0.717, 1.165) is 16.7 Å². The molecule has 2 N–H and O–H groups in total. The molecule has 0 unspecified atom stereocenters. The van der Waals surface area contributed by atoms with Crippen LogP contribution in [0.1, 0.15) is 28.7 Å². The van der Waals surface area contributed by atoms with Gasteiger partial charge in [-0.3, -0.25) is 14.5 Å². The normalized spacial score (nSPS) is 11.8. The summed E-state index contributed by atoms with van der Waals surface area (Å²) in [6, 6.07) is 2.13. The Labute approximate surface area is 126 Å². The number of imidazole rings is 1. The molecule has 11 heteroatoms. The first-order valence-electron chi connectivity index (χ1n) is 6.53. The second-order valence-corrected chi connectivity index (χ2v) is 4.59. The van der Waals surface area contributed by atoms with Crippen LogP contribution in [-0.4, -0.2) is 35.9 Å². The number of fused-ring (bicyclic) bond motifs is 1. The Morgan fingerprint density at radius 2 is 2.17 bits per heavy atom. The average Bonchev–Trinajstić information content (AvgIpc) is 3.11. The fourth-order valence-electron chi connectivity index (χ4n) is 2.12. The fraction of sp³-hybridized carbons (Fsp3) is 0.250. The summed E-state index contributed by atoms with van der Waals surface area (Å²) in [6.45, 7) is 1.75. The summed E-state index contributed by atoms with van der Waals surface area (Å²) >= 11 is 0. The molecular formula is C12H10F3N7O. The van der Waals surface area contributed by atoms with Crippen LogP contribution in [0.4, 0.5) is 19.1 Å². The molecule has 120 valence electrons. The molecule has 3 aromatic rings. The van der Waals surface area contributed by atoms with Crippen molar-refractivity contribution >= 4 is 17.5 Å². The molecule has 0 atom stereocenters. The summed E-state index contributed by atoms with van der Waals surface area (Å²) in [7, 11) is 0. The van der Waals surface area contributed by atoms with Crippen molar-refractivity contribution in [2.75, 3.05) is 5.32 Å². The number of alkyl halides is 3. The SMILES string of the molecule is CCc1nc2ccc(C(F)(F)F)cn2c1C(=O)Nc1nn[nH]n1. The van der Waals surface area contributed by atoms with Crippen LogP contribution in [0.2, 0.25) is 0 Å². The molecule has 1 amide bonds. The maximum absolute atomic E-state index is 12.9. The smallest absolute Gasteiger partial charge is 0.295 e. The first-order valence-corrected chi connectivity index (χ1v) is 6.53. The van der Waals surface area contributed by atoms with Crippen molar-refractivity contribution in [1.29, 1.82) is 0 Å². The maximum atomic E-state index is 12.9. The quantitative estimate of drug-likeness (QED) is 0.763. The van der Waals surface area contributed by atoms with E-state index < -0.39 is 17.6 Å². The van der Waals surface area contributed by atoms with E-state index in [9.17, 15) is 18.0 Å². The Hall–Kier alpha value is -2.98. The molecule has 0 spiro atoms. The van der Waals surface area contributed by atoms with Crippen LogP contribution in [0, 0.1) is 0 Å². The first kappa shape index (κ1) is 14.9. The number of nitrogens with zero attached hydrogens (tertiary/aromatic N) is 5. The average molecular weight is 325 g/mol. The summed E-state index contributed by atoms with van der Waals surface area (Å²) in [6.07, 6.45) is -3.31. The van der Waals surface area contributed by atoms with Gasteiger partial charge in [0.1, 0.15) is 11.3 Å².